The fourth-order valence-electron chi connectivity index (χ4n) is 2.82. The minimum Gasteiger partial charge on any atom is -0.0847 e. The van der Waals surface area contributed by atoms with Gasteiger partial charge in [0.25, 0.3) is 0 Å². The number of aryl methyl sites for hydroxylation is 2. The van der Waals surface area contributed by atoms with Gasteiger partial charge in [0.1, 0.15) is 0 Å². The van der Waals surface area contributed by atoms with Crippen LogP contribution in [-0.4, -0.2) is 0 Å². The highest BCUT2D eigenvalue weighted by atomic mass is 14.3. The third kappa shape index (κ3) is 4.22. The molecule has 0 nitrogen and oxygen atoms in total. The van der Waals surface area contributed by atoms with Crippen molar-refractivity contribution in [3.05, 3.63) is 94.6 Å². The zero-order valence-corrected chi connectivity index (χ0v) is 15.1. The van der Waals surface area contributed by atoms with Crippen LogP contribution in [-0.2, 0) is 5.41 Å². The quantitative estimate of drug-likeness (QED) is 0.551. The van der Waals surface area contributed by atoms with Gasteiger partial charge in [0.2, 0.25) is 0 Å². The smallest absolute Gasteiger partial charge is 0.0209 e. The molecule has 0 fully saturated rings. The van der Waals surface area contributed by atoms with Gasteiger partial charge >= 0.3 is 0 Å². The second kappa shape index (κ2) is 7.46. The molecule has 0 spiro atoms. The molecule has 0 atom stereocenters. The summed E-state index contributed by atoms with van der Waals surface area (Å²) in [4.78, 5) is 0. The third-order valence-electron chi connectivity index (χ3n) is 4.74. The van der Waals surface area contributed by atoms with Gasteiger partial charge in [0.05, 0.1) is 0 Å². The van der Waals surface area contributed by atoms with Crippen LogP contribution in [0, 0.1) is 13.8 Å². The Morgan fingerprint density at radius 2 is 1.30 bits per heavy atom. The number of allylic oxidation sites excluding steroid dienone is 4. The standard InChI is InChI=1S/C23H28/c1-6-18(2)8-7-17-23(5,21-13-9-19(3)10-14-21)22-15-11-20(4)12-16-22/h6-16H,17H2,1-5H3/b8-7-,18-6-. The first-order chi connectivity index (χ1) is 11.0. The number of hydrogen-bond acceptors (Lipinski definition) is 0. The highest BCUT2D eigenvalue weighted by Crippen LogP contribution is 2.36. The summed E-state index contributed by atoms with van der Waals surface area (Å²) in [7, 11) is 0. The molecular formula is C23H28. The lowest BCUT2D eigenvalue weighted by atomic mass is 9.73. The maximum absolute atomic E-state index is 2.34. The lowest BCUT2D eigenvalue weighted by Gasteiger charge is -2.30. The van der Waals surface area contributed by atoms with Crippen molar-refractivity contribution in [2.24, 2.45) is 0 Å². The molecule has 0 saturated carbocycles. The van der Waals surface area contributed by atoms with Crippen LogP contribution in [0.25, 0.3) is 0 Å². The minimum absolute atomic E-state index is 0.00801. The molecule has 0 heteroatoms. The molecule has 0 heterocycles. The van der Waals surface area contributed by atoms with Gasteiger partial charge in [0, 0.05) is 5.41 Å². The summed E-state index contributed by atoms with van der Waals surface area (Å²) >= 11 is 0. The van der Waals surface area contributed by atoms with Gasteiger partial charge in [-0.3, -0.25) is 0 Å². The predicted octanol–water partition coefficient (Wildman–Crippen LogP) is 6.52. The predicted molar refractivity (Wildman–Crippen MR) is 102 cm³/mol. The van der Waals surface area contributed by atoms with Crippen LogP contribution >= 0.6 is 0 Å². The van der Waals surface area contributed by atoms with E-state index in [1.807, 2.05) is 0 Å². The molecule has 2 aromatic rings. The van der Waals surface area contributed by atoms with E-state index >= 15 is 0 Å². The van der Waals surface area contributed by atoms with E-state index in [1.165, 1.54) is 27.8 Å². The summed E-state index contributed by atoms with van der Waals surface area (Å²) in [6, 6.07) is 17.9. The number of hydrogen-bond donors (Lipinski definition) is 0. The number of rotatable bonds is 5. The van der Waals surface area contributed by atoms with Crippen molar-refractivity contribution in [2.75, 3.05) is 0 Å². The van der Waals surface area contributed by atoms with Crippen LogP contribution in [0.2, 0.25) is 0 Å². The topological polar surface area (TPSA) is 0 Å². The summed E-state index contributed by atoms with van der Waals surface area (Å²) in [5.41, 5.74) is 6.65. The van der Waals surface area contributed by atoms with Crippen LogP contribution in [0.5, 0.6) is 0 Å². The van der Waals surface area contributed by atoms with Crippen molar-refractivity contribution < 1.29 is 0 Å². The number of benzene rings is 2. The molecule has 0 radical (unpaired) electrons. The first-order valence-corrected chi connectivity index (χ1v) is 8.39. The van der Waals surface area contributed by atoms with E-state index in [-0.39, 0.29) is 5.41 Å². The van der Waals surface area contributed by atoms with Crippen molar-refractivity contribution in [2.45, 2.75) is 46.5 Å². The molecule has 2 aromatic carbocycles. The van der Waals surface area contributed by atoms with E-state index in [4.69, 9.17) is 0 Å². The Balaban J connectivity index is 2.43. The van der Waals surface area contributed by atoms with E-state index in [1.54, 1.807) is 0 Å². The van der Waals surface area contributed by atoms with Gasteiger partial charge in [-0.25, -0.2) is 0 Å². The van der Waals surface area contributed by atoms with Gasteiger partial charge < -0.3 is 0 Å². The lowest BCUT2D eigenvalue weighted by Crippen LogP contribution is -2.23. The van der Waals surface area contributed by atoms with E-state index in [9.17, 15) is 0 Å². The maximum atomic E-state index is 2.34. The molecule has 0 aliphatic rings. The molecule has 23 heavy (non-hydrogen) atoms. The van der Waals surface area contributed by atoms with Gasteiger partial charge in [0.15, 0.2) is 0 Å². The summed E-state index contributed by atoms with van der Waals surface area (Å²) in [5, 5.41) is 0. The van der Waals surface area contributed by atoms with Gasteiger partial charge in [-0.05, 0) is 45.2 Å². The molecule has 0 saturated heterocycles. The Morgan fingerprint density at radius 1 is 0.870 bits per heavy atom. The average molecular weight is 304 g/mol. The van der Waals surface area contributed by atoms with Crippen molar-refractivity contribution in [1.82, 2.24) is 0 Å². The van der Waals surface area contributed by atoms with E-state index in [2.05, 4.69) is 101 Å². The van der Waals surface area contributed by atoms with Crippen LogP contribution in [0.3, 0.4) is 0 Å². The lowest BCUT2D eigenvalue weighted by molar-refractivity contribution is 0.580. The maximum Gasteiger partial charge on any atom is 0.0209 e. The largest absolute Gasteiger partial charge is 0.0847 e. The first kappa shape index (κ1) is 17.3. The van der Waals surface area contributed by atoms with E-state index in [0.717, 1.165) is 6.42 Å². The van der Waals surface area contributed by atoms with Crippen molar-refractivity contribution >= 4 is 0 Å². The van der Waals surface area contributed by atoms with Crippen LogP contribution < -0.4 is 0 Å². The van der Waals surface area contributed by atoms with E-state index in [0.29, 0.717) is 0 Å². The monoisotopic (exact) mass is 304 g/mol. The molecule has 0 bridgehead atoms. The van der Waals surface area contributed by atoms with Crippen molar-refractivity contribution in [3.8, 4) is 0 Å². The van der Waals surface area contributed by atoms with Crippen LogP contribution in [0.4, 0.5) is 0 Å². The SMILES string of the molecule is C/C=C(C)\C=C/CC(C)(c1ccc(C)cc1)c1ccc(C)cc1. The van der Waals surface area contributed by atoms with Crippen LogP contribution in [0.1, 0.15) is 49.4 Å². The van der Waals surface area contributed by atoms with Gasteiger partial charge in [-0.2, -0.15) is 0 Å². The molecule has 0 aliphatic carbocycles. The fourth-order valence-corrected chi connectivity index (χ4v) is 2.82. The Hall–Kier alpha value is -2.08. The summed E-state index contributed by atoms with van der Waals surface area (Å²) in [6.07, 6.45) is 7.66. The normalized spacial score (nSPS) is 12.8. The van der Waals surface area contributed by atoms with Crippen LogP contribution in [0.15, 0.2) is 72.3 Å². The molecular weight excluding hydrogens is 276 g/mol. The molecule has 0 unspecified atom stereocenters. The van der Waals surface area contributed by atoms with Crippen molar-refractivity contribution in [3.63, 3.8) is 0 Å². The fraction of sp³-hybridized carbons (Fsp3) is 0.304. The van der Waals surface area contributed by atoms with Crippen molar-refractivity contribution in [1.29, 1.82) is 0 Å². The summed E-state index contributed by atoms with van der Waals surface area (Å²) < 4.78 is 0. The molecule has 0 aromatic heterocycles. The van der Waals surface area contributed by atoms with Gasteiger partial charge in [-0.15, -0.1) is 0 Å². The Bertz CT molecular complexity index is 636. The first-order valence-electron chi connectivity index (χ1n) is 8.39. The Kier molecular flexibility index (Phi) is 5.60. The zero-order chi connectivity index (χ0) is 16.9. The zero-order valence-electron chi connectivity index (χ0n) is 15.1. The Labute approximate surface area is 141 Å². The molecule has 120 valence electrons. The summed E-state index contributed by atoms with van der Waals surface area (Å²) in [5.74, 6) is 0. The minimum atomic E-state index is -0.00801. The highest BCUT2D eigenvalue weighted by Gasteiger charge is 2.27. The van der Waals surface area contributed by atoms with E-state index < -0.39 is 0 Å². The second-order valence-corrected chi connectivity index (χ2v) is 6.70. The second-order valence-electron chi connectivity index (χ2n) is 6.70. The Morgan fingerprint density at radius 3 is 1.70 bits per heavy atom. The molecule has 0 aliphatic heterocycles. The van der Waals surface area contributed by atoms with Gasteiger partial charge in [-0.1, -0.05) is 90.4 Å². The average Bonchev–Trinajstić information content (AvgIpc) is 2.55. The molecule has 0 N–H and O–H groups in total. The summed E-state index contributed by atoms with van der Waals surface area (Å²) in [6.45, 7) is 10.9. The third-order valence-corrected chi connectivity index (χ3v) is 4.74. The highest BCUT2D eigenvalue weighted by molar-refractivity contribution is 5.41. The molecule has 0 amide bonds. The molecule has 2 rings (SSSR count).